The first-order chi connectivity index (χ1) is 13.9. The Morgan fingerprint density at radius 3 is 2.52 bits per heavy atom. The fourth-order valence-electron chi connectivity index (χ4n) is 2.90. The molecule has 0 aromatic heterocycles. The zero-order valence-corrected chi connectivity index (χ0v) is 16.3. The van der Waals surface area contributed by atoms with Gasteiger partial charge in [-0.3, -0.25) is 9.52 Å². The predicted octanol–water partition coefficient (Wildman–Crippen LogP) is 3.78. The van der Waals surface area contributed by atoms with E-state index in [1.165, 1.54) is 18.2 Å². The van der Waals surface area contributed by atoms with Gasteiger partial charge in [0.25, 0.3) is 15.9 Å². The number of sulfonamides is 1. The van der Waals surface area contributed by atoms with Crippen LogP contribution in [-0.4, -0.2) is 21.1 Å². The van der Waals surface area contributed by atoms with Gasteiger partial charge in [0, 0.05) is 23.0 Å². The fraction of sp³-hybridized carbons (Fsp3) is 0.0952. The number of rotatable bonds is 5. The number of carbonyl (C=O) groups is 1. The molecule has 7 nitrogen and oxygen atoms in total. The van der Waals surface area contributed by atoms with Crippen molar-refractivity contribution in [2.45, 2.75) is 11.8 Å². The SMILES string of the molecule is Cc1cccc(NS(=O)(=O)c2cccc(C(=O)Nc3ccc4c(c3)OCO4)c2)c1. The topological polar surface area (TPSA) is 93.7 Å². The van der Waals surface area contributed by atoms with Crippen LogP contribution in [-0.2, 0) is 10.0 Å². The molecular weight excluding hydrogens is 392 g/mol. The lowest BCUT2D eigenvalue weighted by atomic mass is 10.2. The third-order valence-corrected chi connectivity index (χ3v) is 5.69. The summed E-state index contributed by atoms with van der Waals surface area (Å²) in [6, 6.07) is 17.9. The Hall–Kier alpha value is -3.52. The number of amides is 1. The van der Waals surface area contributed by atoms with Crippen LogP contribution in [0.25, 0.3) is 0 Å². The average molecular weight is 410 g/mol. The Morgan fingerprint density at radius 2 is 1.69 bits per heavy atom. The predicted molar refractivity (Wildman–Crippen MR) is 109 cm³/mol. The minimum atomic E-state index is -3.83. The third kappa shape index (κ3) is 4.17. The van der Waals surface area contributed by atoms with E-state index in [1.54, 1.807) is 42.5 Å². The molecule has 0 saturated heterocycles. The van der Waals surface area contributed by atoms with Crippen molar-refractivity contribution >= 4 is 27.3 Å². The van der Waals surface area contributed by atoms with Gasteiger partial charge in [-0.1, -0.05) is 18.2 Å². The molecule has 29 heavy (non-hydrogen) atoms. The molecule has 2 N–H and O–H groups in total. The van der Waals surface area contributed by atoms with Crippen LogP contribution >= 0.6 is 0 Å². The van der Waals surface area contributed by atoms with Crippen molar-refractivity contribution < 1.29 is 22.7 Å². The van der Waals surface area contributed by atoms with E-state index in [9.17, 15) is 13.2 Å². The Bertz CT molecular complexity index is 1190. The molecule has 1 aliphatic heterocycles. The van der Waals surface area contributed by atoms with Crippen LogP contribution in [0.4, 0.5) is 11.4 Å². The van der Waals surface area contributed by atoms with E-state index in [2.05, 4.69) is 10.0 Å². The smallest absolute Gasteiger partial charge is 0.261 e. The summed E-state index contributed by atoms with van der Waals surface area (Å²) in [6.45, 7) is 2.01. The molecule has 0 atom stereocenters. The van der Waals surface area contributed by atoms with Crippen molar-refractivity contribution in [3.63, 3.8) is 0 Å². The number of nitrogens with one attached hydrogen (secondary N) is 2. The van der Waals surface area contributed by atoms with Crippen molar-refractivity contribution in [2.75, 3.05) is 16.8 Å². The van der Waals surface area contributed by atoms with Crippen molar-refractivity contribution in [1.82, 2.24) is 0 Å². The van der Waals surface area contributed by atoms with Crippen LogP contribution in [0.1, 0.15) is 15.9 Å². The van der Waals surface area contributed by atoms with E-state index in [0.29, 0.717) is 22.9 Å². The number of fused-ring (bicyclic) bond motifs is 1. The maximum atomic E-state index is 12.7. The highest BCUT2D eigenvalue weighted by Crippen LogP contribution is 2.34. The summed E-state index contributed by atoms with van der Waals surface area (Å²) in [6.07, 6.45) is 0. The number of ether oxygens (including phenoxy) is 2. The van der Waals surface area contributed by atoms with Crippen molar-refractivity contribution in [1.29, 1.82) is 0 Å². The van der Waals surface area contributed by atoms with Gasteiger partial charge in [-0.2, -0.15) is 0 Å². The van der Waals surface area contributed by atoms with Crippen molar-refractivity contribution in [3.05, 3.63) is 77.9 Å². The van der Waals surface area contributed by atoms with E-state index in [4.69, 9.17) is 9.47 Å². The Morgan fingerprint density at radius 1 is 0.897 bits per heavy atom. The lowest BCUT2D eigenvalue weighted by molar-refractivity contribution is 0.102. The molecule has 4 rings (SSSR count). The first kappa shape index (κ1) is 18.8. The maximum Gasteiger partial charge on any atom is 0.261 e. The second-order valence-electron chi connectivity index (χ2n) is 6.52. The normalized spacial score (nSPS) is 12.4. The van der Waals surface area contributed by atoms with Crippen LogP contribution < -0.4 is 19.5 Å². The van der Waals surface area contributed by atoms with Crippen LogP contribution in [0.15, 0.2) is 71.6 Å². The largest absolute Gasteiger partial charge is 0.454 e. The van der Waals surface area contributed by atoms with Crippen molar-refractivity contribution in [2.24, 2.45) is 0 Å². The van der Waals surface area contributed by atoms with Gasteiger partial charge >= 0.3 is 0 Å². The highest BCUT2D eigenvalue weighted by molar-refractivity contribution is 7.92. The molecule has 148 valence electrons. The maximum absolute atomic E-state index is 12.7. The molecular formula is C21H18N2O5S. The first-order valence-electron chi connectivity index (χ1n) is 8.81. The molecule has 1 aliphatic rings. The molecule has 1 heterocycles. The van der Waals surface area contributed by atoms with Crippen LogP contribution in [0.2, 0.25) is 0 Å². The van der Waals surface area contributed by atoms with E-state index in [0.717, 1.165) is 5.56 Å². The molecule has 0 fully saturated rings. The summed E-state index contributed by atoms with van der Waals surface area (Å²) in [7, 11) is -3.83. The zero-order chi connectivity index (χ0) is 20.4. The summed E-state index contributed by atoms with van der Waals surface area (Å²) in [4.78, 5) is 12.6. The number of anilines is 2. The Labute approximate surface area is 168 Å². The van der Waals surface area contributed by atoms with Gasteiger partial charge in [0.05, 0.1) is 4.90 Å². The number of aryl methyl sites for hydroxylation is 1. The van der Waals surface area contributed by atoms with Gasteiger partial charge in [-0.15, -0.1) is 0 Å². The van der Waals surface area contributed by atoms with Gasteiger partial charge in [-0.05, 0) is 55.0 Å². The standard InChI is InChI=1S/C21H18N2O5S/c1-14-4-2-6-17(10-14)23-29(25,26)18-7-3-5-15(11-18)21(24)22-16-8-9-19-20(12-16)28-13-27-19/h2-12,23H,13H2,1H3,(H,22,24). The molecule has 0 spiro atoms. The van der Waals surface area contributed by atoms with Gasteiger partial charge in [0.15, 0.2) is 11.5 Å². The second kappa shape index (κ2) is 7.48. The number of carbonyl (C=O) groups excluding carboxylic acids is 1. The molecule has 8 heteroatoms. The molecule has 0 radical (unpaired) electrons. The monoisotopic (exact) mass is 410 g/mol. The lowest BCUT2D eigenvalue weighted by Gasteiger charge is -2.10. The number of benzene rings is 3. The summed E-state index contributed by atoms with van der Waals surface area (Å²) in [5, 5.41) is 2.73. The first-order valence-corrected chi connectivity index (χ1v) is 10.3. The molecule has 0 bridgehead atoms. The van der Waals surface area contributed by atoms with Crippen LogP contribution in [0.5, 0.6) is 11.5 Å². The summed E-state index contributed by atoms with van der Waals surface area (Å²) >= 11 is 0. The van der Waals surface area contributed by atoms with Crippen LogP contribution in [0.3, 0.4) is 0 Å². The molecule has 0 saturated carbocycles. The Kier molecular flexibility index (Phi) is 4.85. The summed E-state index contributed by atoms with van der Waals surface area (Å²) in [5.41, 5.74) is 2.13. The molecule has 3 aromatic carbocycles. The molecule has 0 aliphatic carbocycles. The van der Waals surface area contributed by atoms with Gasteiger partial charge in [0.2, 0.25) is 6.79 Å². The average Bonchev–Trinajstić information content (AvgIpc) is 3.15. The van der Waals surface area contributed by atoms with E-state index < -0.39 is 15.9 Å². The quantitative estimate of drug-likeness (QED) is 0.668. The molecule has 0 unspecified atom stereocenters. The molecule has 1 amide bonds. The van der Waals surface area contributed by atoms with E-state index >= 15 is 0 Å². The number of hydrogen-bond donors (Lipinski definition) is 2. The van der Waals surface area contributed by atoms with Crippen molar-refractivity contribution in [3.8, 4) is 11.5 Å². The zero-order valence-electron chi connectivity index (χ0n) is 15.5. The molecule has 3 aromatic rings. The van der Waals surface area contributed by atoms with E-state index in [1.807, 2.05) is 13.0 Å². The van der Waals surface area contributed by atoms with E-state index in [-0.39, 0.29) is 17.3 Å². The number of hydrogen-bond acceptors (Lipinski definition) is 5. The van der Waals surface area contributed by atoms with Crippen LogP contribution in [0, 0.1) is 6.92 Å². The van der Waals surface area contributed by atoms with Gasteiger partial charge in [0.1, 0.15) is 0 Å². The van der Waals surface area contributed by atoms with Gasteiger partial charge < -0.3 is 14.8 Å². The highest BCUT2D eigenvalue weighted by atomic mass is 32.2. The third-order valence-electron chi connectivity index (χ3n) is 4.31. The summed E-state index contributed by atoms with van der Waals surface area (Å²) in [5.74, 6) is 0.719. The fourth-order valence-corrected chi connectivity index (χ4v) is 4.00. The van der Waals surface area contributed by atoms with Gasteiger partial charge in [-0.25, -0.2) is 8.42 Å². The summed E-state index contributed by atoms with van der Waals surface area (Å²) < 4.78 is 38.5. The second-order valence-corrected chi connectivity index (χ2v) is 8.21. The minimum absolute atomic E-state index is 0.00246. The Balaban J connectivity index is 1.54. The highest BCUT2D eigenvalue weighted by Gasteiger charge is 2.18. The lowest BCUT2D eigenvalue weighted by Crippen LogP contribution is -2.16. The minimum Gasteiger partial charge on any atom is -0.454 e.